The average molecular weight is 286 g/mol. The lowest BCUT2D eigenvalue weighted by atomic mass is 9.97. The zero-order valence-electron chi connectivity index (χ0n) is 11.6. The van der Waals surface area contributed by atoms with E-state index in [1.54, 1.807) is 7.11 Å². The van der Waals surface area contributed by atoms with Crippen molar-refractivity contribution in [2.24, 2.45) is 11.7 Å². The molecule has 0 aromatic heterocycles. The van der Waals surface area contributed by atoms with E-state index in [0.29, 0.717) is 12.5 Å². The first kappa shape index (κ1) is 16.4. The average Bonchev–Trinajstić information content (AvgIpc) is 2.41. The smallest absolute Gasteiger partial charge is 0.0487 e. The van der Waals surface area contributed by atoms with Crippen LogP contribution in [0.4, 0.5) is 0 Å². The highest BCUT2D eigenvalue weighted by Gasteiger charge is 2.08. The van der Waals surface area contributed by atoms with Crippen LogP contribution in [-0.2, 0) is 15.9 Å². The molecule has 1 aromatic rings. The Bertz CT molecular complexity index is 347. The van der Waals surface area contributed by atoms with Crippen LogP contribution in [0.15, 0.2) is 24.3 Å². The Labute approximate surface area is 121 Å². The van der Waals surface area contributed by atoms with Crippen molar-refractivity contribution in [2.45, 2.75) is 19.3 Å². The van der Waals surface area contributed by atoms with Gasteiger partial charge < -0.3 is 15.2 Å². The maximum atomic E-state index is 5.98. The fourth-order valence-corrected chi connectivity index (χ4v) is 2.17. The third kappa shape index (κ3) is 7.53. The van der Waals surface area contributed by atoms with Gasteiger partial charge in [0.2, 0.25) is 0 Å². The molecular weight excluding hydrogens is 262 g/mol. The van der Waals surface area contributed by atoms with E-state index in [9.17, 15) is 0 Å². The first-order valence-corrected chi connectivity index (χ1v) is 7.15. The first-order valence-electron chi connectivity index (χ1n) is 6.77. The maximum absolute atomic E-state index is 5.98. The zero-order valence-corrected chi connectivity index (χ0v) is 12.4. The van der Waals surface area contributed by atoms with Gasteiger partial charge in [-0.15, -0.1) is 0 Å². The molecule has 0 aliphatic carbocycles. The van der Waals surface area contributed by atoms with Crippen molar-refractivity contribution in [2.75, 3.05) is 33.5 Å². The highest BCUT2D eigenvalue weighted by Crippen LogP contribution is 2.16. The molecule has 0 bridgehead atoms. The number of ether oxygens (including phenoxy) is 2. The molecule has 0 radical (unpaired) electrons. The van der Waals surface area contributed by atoms with E-state index in [1.807, 2.05) is 18.2 Å². The highest BCUT2D eigenvalue weighted by atomic mass is 35.5. The number of hydrogen-bond donors (Lipinski definition) is 1. The Kier molecular flexibility index (Phi) is 8.84. The van der Waals surface area contributed by atoms with Gasteiger partial charge in [-0.2, -0.15) is 0 Å². The Hall–Kier alpha value is -0.610. The van der Waals surface area contributed by atoms with Crippen LogP contribution in [0.1, 0.15) is 18.4 Å². The molecule has 0 saturated carbocycles. The Morgan fingerprint density at radius 1 is 1.26 bits per heavy atom. The molecule has 108 valence electrons. The summed E-state index contributed by atoms with van der Waals surface area (Å²) in [5.41, 5.74) is 7.05. The van der Waals surface area contributed by atoms with E-state index in [1.165, 1.54) is 5.56 Å². The molecule has 0 aliphatic rings. The Morgan fingerprint density at radius 2 is 2.11 bits per heavy atom. The van der Waals surface area contributed by atoms with Gasteiger partial charge in [-0.1, -0.05) is 23.7 Å². The number of hydrogen-bond acceptors (Lipinski definition) is 3. The summed E-state index contributed by atoms with van der Waals surface area (Å²) in [4.78, 5) is 0. The van der Waals surface area contributed by atoms with Gasteiger partial charge in [0.1, 0.15) is 0 Å². The monoisotopic (exact) mass is 285 g/mol. The van der Waals surface area contributed by atoms with E-state index < -0.39 is 0 Å². The minimum Gasteiger partial charge on any atom is -0.385 e. The van der Waals surface area contributed by atoms with Crippen LogP contribution in [0.25, 0.3) is 0 Å². The molecule has 4 heteroatoms. The van der Waals surface area contributed by atoms with Gasteiger partial charge in [-0.05, 0) is 49.4 Å². The van der Waals surface area contributed by atoms with Crippen molar-refractivity contribution in [1.82, 2.24) is 0 Å². The van der Waals surface area contributed by atoms with Crippen molar-refractivity contribution < 1.29 is 9.47 Å². The molecule has 1 aromatic carbocycles. The number of rotatable bonds is 10. The van der Waals surface area contributed by atoms with Gasteiger partial charge in [0.05, 0.1) is 0 Å². The fraction of sp³-hybridized carbons (Fsp3) is 0.600. The lowest BCUT2D eigenvalue weighted by Gasteiger charge is -2.15. The van der Waals surface area contributed by atoms with Crippen LogP contribution in [-0.4, -0.2) is 33.5 Å². The van der Waals surface area contributed by atoms with Gasteiger partial charge in [0.25, 0.3) is 0 Å². The summed E-state index contributed by atoms with van der Waals surface area (Å²) < 4.78 is 10.5. The Balaban J connectivity index is 2.22. The molecular formula is C15H24ClNO2. The predicted octanol–water partition coefficient (Wildman–Crippen LogP) is 2.90. The van der Waals surface area contributed by atoms with Crippen LogP contribution in [0.3, 0.4) is 0 Å². The maximum Gasteiger partial charge on any atom is 0.0487 e. The van der Waals surface area contributed by atoms with Gasteiger partial charge in [0, 0.05) is 32.0 Å². The van der Waals surface area contributed by atoms with Crippen molar-refractivity contribution >= 4 is 11.6 Å². The largest absolute Gasteiger partial charge is 0.385 e. The predicted molar refractivity (Wildman–Crippen MR) is 79.6 cm³/mol. The van der Waals surface area contributed by atoms with Crippen LogP contribution in [0.2, 0.25) is 5.02 Å². The van der Waals surface area contributed by atoms with E-state index in [4.69, 9.17) is 26.8 Å². The summed E-state index contributed by atoms with van der Waals surface area (Å²) in [7, 11) is 1.70. The summed E-state index contributed by atoms with van der Waals surface area (Å²) in [6.45, 7) is 2.94. The molecule has 3 nitrogen and oxygen atoms in total. The van der Waals surface area contributed by atoms with Crippen molar-refractivity contribution in [3.05, 3.63) is 34.9 Å². The molecule has 2 N–H and O–H groups in total. The number of methoxy groups -OCH3 is 1. The molecule has 1 unspecified atom stereocenters. The normalized spacial score (nSPS) is 12.6. The Morgan fingerprint density at radius 3 is 2.79 bits per heavy atom. The quantitative estimate of drug-likeness (QED) is 0.672. The highest BCUT2D eigenvalue weighted by molar-refractivity contribution is 6.30. The van der Waals surface area contributed by atoms with E-state index >= 15 is 0 Å². The zero-order chi connectivity index (χ0) is 13.9. The van der Waals surface area contributed by atoms with E-state index in [2.05, 4.69) is 6.07 Å². The third-order valence-corrected chi connectivity index (χ3v) is 3.29. The number of benzene rings is 1. The molecule has 0 fully saturated rings. The summed E-state index contributed by atoms with van der Waals surface area (Å²) in [5.74, 6) is 0.445. The third-order valence-electron chi connectivity index (χ3n) is 3.05. The van der Waals surface area contributed by atoms with Crippen molar-refractivity contribution in [1.29, 1.82) is 0 Å². The topological polar surface area (TPSA) is 44.5 Å². The van der Waals surface area contributed by atoms with Crippen LogP contribution < -0.4 is 5.73 Å². The van der Waals surface area contributed by atoms with Crippen molar-refractivity contribution in [3.8, 4) is 0 Å². The molecule has 0 amide bonds. The molecule has 0 heterocycles. The van der Waals surface area contributed by atoms with Gasteiger partial charge >= 0.3 is 0 Å². The molecule has 0 aliphatic heterocycles. The van der Waals surface area contributed by atoms with Crippen LogP contribution in [0, 0.1) is 5.92 Å². The number of halogens is 1. The van der Waals surface area contributed by atoms with E-state index in [0.717, 1.165) is 44.1 Å². The second-order valence-electron chi connectivity index (χ2n) is 4.68. The molecule has 0 spiro atoms. The number of nitrogens with two attached hydrogens (primary N) is 1. The first-order chi connectivity index (χ1) is 9.26. The molecule has 0 saturated heterocycles. The summed E-state index contributed by atoms with van der Waals surface area (Å²) in [6.07, 6.45) is 2.88. The van der Waals surface area contributed by atoms with Gasteiger partial charge in [-0.25, -0.2) is 0 Å². The summed E-state index contributed by atoms with van der Waals surface area (Å²) >= 11 is 5.98. The fourth-order valence-electron chi connectivity index (χ4n) is 1.96. The lowest BCUT2D eigenvalue weighted by Crippen LogP contribution is -2.19. The van der Waals surface area contributed by atoms with E-state index in [-0.39, 0.29) is 0 Å². The van der Waals surface area contributed by atoms with Gasteiger partial charge in [-0.3, -0.25) is 0 Å². The molecule has 19 heavy (non-hydrogen) atoms. The second-order valence-corrected chi connectivity index (χ2v) is 5.12. The second kappa shape index (κ2) is 10.2. The molecule has 1 rings (SSSR count). The van der Waals surface area contributed by atoms with Crippen LogP contribution >= 0.6 is 11.6 Å². The molecule has 1 atom stereocenters. The SMILES string of the molecule is COCCCOCCC(CN)Cc1cccc(Cl)c1. The van der Waals surface area contributed by atoms with Crippen LogP contribution in [0.5, 0.6) is 0 Å². The van der Waals surface area contributed by atoms with Crippen molar-refractivity contribution in [3.63, 3.8) is 0 Å². The summed E-state index contributed by atoms with van der Waals surface area (Å²) in [5, 5.41) is 0.782. The van der Waals surface area contributed by atoms with Gasteiger partial charge in [0.15, 0.2) is 0 Å². The minimum atomic E-state index is 0.445. The summed E-state index contributed by atoms with van der Waals surface area (Å²) in [6, 6.07) is 7.96. The standard InChI is InChI=1S/C15H24ClNO2/c1-18-7-3-8-19-9-6-14(12-17)10-13-4-2-5-15(16)11-13/h2,4-5,11,14H,3,6-10,12,17H2,1H3. The lowest BCUT2D eigenvalue weighted by molar-refractivity contribution is 0.0942. The minimum absolute atomic E-state index is 0.445.